The van der Waals surface area contributed by atoms with Gasteiger partial charge in [-0.15, -0.1) is 0 Å². The van der Waals surface area contributed by atoms with Crippen molar-refractivity contribution in [3.05, 3.63) is 12.7 Å². The summed E-state index contributed by atoms with van der Waals surface area (Å²) in [6.45, 7) is -0.876. The van der Waals surface area contributed by atoms with Crippen molar-refractivity contribution in [1.82, 2.24) is 19.5 Å². The Hall–Kier alpha value is -1.36. The number of phosphoric acid groups is 3. The van der Waals surface area contributed by atoms with Gasteiger partial charge in [0.05, 0.1) is 19.0 Å². The van der Waals surface area contributed by atoms with E-state index in [1.807, 2.05) is 0 Å². The van der Waals surface area contributed by atoms with Gasteiger partial charge >= 0.3 is 23.5 Å². The topological polar surface area (TPSA) is 285 Å². The van der Waals surface area contributed by atoms with Crippen LogP contribution in [0.25, 0.3) is 11.2 Å². The largest absolute Gasteiger partial charge is 0.490 e. The Morgan fingerprint density at radius 1 is 1.10 bits per heavy atom. The van der Waals surface area contributed by atoms with Crippen LogP contribution in [-0.4, -0.2) is 69.1 Å². The summed E-state index contributed by atoms with van der Waals surface area (Å²) in [5.74, 6) is 0.0834. The molecule has 2 aromatic heterocycles. The maximum atomic E-state index is 11.8. The zero-order chi connectivity index (χ0) is 23.2. The SMILES string of the molecule is Nc1ncnc2c1ncn2[C@@H]1O[C@H](COP(=O)(O)OP(=O)(O)OP(=O)(O)O)[C@@H](O)[C@H]1N. The predicted molar refractivity (Wildman–Crippen MR) is 97.4 cm³/mol. The van der Waals surface area contributed by atoms with E-state index in [9.17, 15) is 23.7 Å². The fraction of sp³-hybridized carbons (Fsp3) is 0.500. The van der Waals surface area contributed by atoms with Crippen LogP contribution in [0.4, 0.5) is 5.82 Å². The van der Waals surface area contributed by atoms with Crippen LogP contribution < -0.4 is 11.5 Å². The van der Waals surface area contributed by atoms with Crippen LogP contribution in [0.3, 0.4) is 0 Å². The van der Waals surface area contributed by atoms with Crippen LogP contribution in [0.5, 0.6) is 0 Å². The molecule has 0 aliphatic carbocycles. The molecule has 1 saturated heterocycles. The first-order chi connectivity index (χ1) is 14.2. The molecule has 1 aliphatic heterocycles. The minimum absolute atomic E-state index is 0.0834. The lowest BCUT2D eigenvalue weighted by molar-refractivity contribution is -0.0428. The Balaban J connectivity index is 1.69. The van der Waals surface area contributed by atoms with Gasteiger partial charge in [0.25, 0.3) is 0 Å². The van der Waals surface area contributed by atoms with Gasteiger partial charge in [0.2, 0.25) is 0 Å². The molecule has 2 unspecified atom stereocenters. The Bertz CT molecular complexity index is 1110. The van der Waals surface area contributed by atoms with Crippen LogP contribution in [0.2, 0.25) is 0 Å². The molecule has 3 heterocycles. The molecule has 3 rings (SSSR count). The van der Waals surface area contributed by atoms with Crippen molar-refractivity contribution < 1.29 is 56.3 Å². The van der Waals surface area contributed by atoms with Crippen molar-refractivity contribution in [2.75, 3.05) is 12.3 Å². The third-order valence-electron chi connectivity index (χ3n) is 3.90. The monoisotopic (exact) mass is 506 g/mol. The molecule has 0 radical (unpaired) electrons. The zero-order valence-corrected chi connectivity index (χ0v) is 17.7. The third kappa shape index (κ3) is 5.71. The zero-order valence-electron chi connectivity index (χ0n) is 15.1. The molecular formula is C10H17N6O12P3. The van der Waals surface area contributed by atoms with Crippen LogP contribution in [0.1, 0.15) is 6.23 Å². The first-order valence-electron chi connectivity index (χ1n) is 7.99. The van der Waals surface area contributed by atoms with E-state index in [1.54, 1.807) is 0 Å². The van der Waals surface area contributed by atoms with Gasteiger partial charge in [0.1, 0.15) is 24.1 Å². The van der Waals surface area contributed by atoms with Gasteiger partial charge < -0.3 is 40.9 Å². The molecule has 9 N–H and O–H groups in total. The van der Waals surface area contributed by atoms with Crippen LogP contribution in [0, 0.1) is 0 Å². The summed E-state index contributed by atoms with van der Waals surface area (Å²) in [6, 6.07) is -1.09. The molecule has 0 aromatic carbocycles. The van der Waals surface area contributed by atoms with Crippen molar-refractivity contribution >= 4 is 40.4 Å². The van der Waals surface area contributed by atoms with E-state index in [4.69, 9.17) is 30.9 Å². The number of rotatable bonds is 8. The molecule has 0 amide bonds. The summed E-state index contributed by atoms with van der Waals surface area (Å²) >= 11 is 0. The summed E-state index contributed by atoms with van der Waals surface area (Å²) in [4.78, 5) is 47.5. The Morgan fingerprint density at radius 2 is 1.77 bits per heavy atom. The Kier molecular flexibility index (Phi) is 6.68. The summed E-state index contributed by atoms with van der Waals surface area (Å²) in [5, 5.41) is 10.3. The summed E-state index contributed by atoms with van der Waals surface area (Å²) in [5.41, 5.74) is 12.1. The summed E-state index contributed by atoms with van der Waals surface area (Å²) in [7, 11) is -16.6. The number of aliphatic hydroxyl groups is 1. The van der Waals surface area contributed by atoms with Crippen LogP contribution in [-0.2, 0) is 31.6 Å². The van der Waals surface area contributed by atoms with Crippen molar-refractivity contribution in [1.29, 1.82) is 0 Å². The van der Waals surface area contributed by atoms with E-state index < -0.39 is 54.6 Å². The number of nitrogens with two attached hydrogens (primary N) is 2. The first kappa shape index (κ1) is 24.3. The number of fused-ring (bicyclic) bond motifs is 1. The van der Waals surface area contributed by atoms with Crippen molar-refractivity contribution in [2.24, 2.45) is 5.73 Å². The van der Waals surface area contributed by atoms with Gasteiger partial charge in [0, 0.05) is 0 Å². The lowest BCUT2D eigenvalue weighted by atomic mass is 10.1. The highest BCUT2D eigenvalue weighted by molar-refractivity contribution is 7.66. The highest BCUT2D eigenvalue weighted by atomic mass is 31.3. The fourth-order valence-electron chi connectivity index (χ4n) is 2.68. The number of anilines is 1. The van der Waals surface area contributed by atoms with E-state index in [2.05, 4.69) is 28.1 Å². The minimum Gasteiger partial charge on any atom is -0.389 e. The quantitative estimate of drug-likeness (QED) is 0.197. The number of nitrogen functional groups attached to an aromatic ring is 1. The van der Waals surface area contributed by atoms with E-state index in [0.717, 1.165) is 0 Å². The smallest absolute Gasteiger partial charge is 0.389 e. The summed E-state index contributed by atoms with van der Waals surface area (Å²) < 4.78 is 52.3. The highest BCUT2D eigenvalue weighted by Crippen LogP contribution is 2.66. The first-order valence-corrected chi connectivity index (χ1v) is 12.5. The number of hydrogen-bond donors (Lipinski definition) is 7. The molecule has 18 nitrogen and oxygen atoms in total. The molecule has 21 heteroatoms. The van der Waals surface area contributed by atoms with Gasteiger partial charge in [-0.05, 0) is 0 Å². The van der Waals surface area contributed by atoms with Gasteiger partial charge in [-0.1, -0.05) is 0 Å². The summed E-state index contributed by atoms with van der Waals surface area (Å²) in [6.07, 6.45) is -1.41. The normalized spacial score (nSPS) is 28.5. The third-order valence-corrected chi connectivity index (χ3v) is 7.70. The molecule has 0 bridgehead atoms. The van der Waals surface area contributed by atoms with E-state index in [1.165, 1.54) is 17.2 Å². The van der Waals surface area contributed by atoms with Crippen molar-refractivity contribution in [2.45, 2.75) is 24.5 Å². The second-order valence-electron chi connectivity index (χ2n) is 6.10. The van der Waals surface area contributed by atoms with Crippen molar-refractivity contribution in [3.63, 3.8) is 0 Å². The number of phosphoric ester groups is 1. The predicted octanol–water partition coefficient (Wildman–Crippen LogP) is -1.66. The average Bonchev–Trinajstić information content (AvgIpc) is 3.13. The molecule has 0 saturated carbocycles. The second kappa shape index (κ2) is 8.53. The number of imidazole rings is 1. The molecule has 1 aliphatic rings. The maximum Gasteiger partial charge on any atom is 0.490 e. The standard InChI is InChI=1S/C10H17N6O12P3/c11-5-7(17)4(1-25-30(21,22)28-31(23,24)27-29(18,19)20)26-10(5)16-3-15-6-8(12)13-2-14-9(6)16/h2-5,7,10,17H,1,11H2,(H,21,22)(H,23,24)(H2,12,13,14)(H2,18,19,20)/t4-,5-,7-,10-/m1/s1. The highest BCUT2D eigenvalue weighted by Gasteiger charge is 2.46. The van der Waals surface area contributed by atoms with Gasteiger partial charge in [-0.2, -0.15) is 8.62 Å². The van der Waals surface area contributed by atoms with Crippen LogP contribution in [0.15, 0.2) is 12.7 Å². The Labute approximate surface area is 172 Å². The second-order valence-corrected chi connectivity index (χ2v) is 10.5. The number of hydrogen-bond acceptors (Lipinski definition) is 13. The molecule has 6 atom stereocenters. The Morgan fingerprint density at radius 3 is 2.42 bits per heavy atom. The molecule has 1 fully saturated rings. The minimum atomic E-state index is -5.68. The lowest BCUT2D eigenvalue weighted by Crippen LogP contribution is -2.40. The van der Waals surface area contributed by atoms with E-state index in [-0.39, 0.29) is 17.0 Å². The molecular weight excluding hydrogens is 489 g/mol. The molecule has 2 aromatic rings. The molecule has 31 heavy (non-hydrogen) atoms. The van der Waals surface area contributed by atoms with Gasteiger partial charge in [-0.25, -0.2) is 28.6 Å². The lowest BCUT2D eigenvalue weighted by Gasteiger charge is -2.19. The molecule has 174 valence electrons. The van der Waals surface area contributed by atoms with E-state index in [0.29, 0.717) is 0 Å². The average molecular weight is 506 g/mol. The number of ether oxygens (including phenoxy) is 1. The van der Waals surface area contributed by atoms with Crippen molar-refractivity contribution in [3.8, 4) is 0 Å². The fourth-order valence-corrected chi connectivity index (χ4v) is 5.71. The molecule has 0 spiro atoms. The maximum absolute atomic E-state index is 11.8. The van der Waals surface area contributed by atoms with Gasteiger partial charge in [0.15, 0.2) is 17.7 Å². The van der Waals surface area contributed by atoms with Gasteiger partial charge in [-0.3, -0.25) is 9.09 Å². The number of aromatic nitrogens is 4. The van der Waals surface area contributed by atoms with E-state index >= 15 is 0 Å². The van der Waals surface area contributed by atoms with Crippen LogP contribution >= 0.6 is 23.5 Å². The number of nitrogens with zero attached hydrogens (tertiary/aromatic N) is 4. The number of aliphatic hydroxyl groups excluding tert-OH is 1.